The molecule has 0 bridgehead atoms. The Morgan fingerprint density at radius 3 is 2.38 bits per heavy atom. The number of imide groups is 1. The molecule has 1 fully saturated rings. The fourth-order valence-corrected chi connectivity index (χ4v) is 3.78. The lowest BCUT2D eigenvalue weighted by Gasteiger charge is -2.29. The van der Waals surface area contributed by atoms with Gasteiger partial charge in [-0.15, -0.1) is 0 Å². The van der Waals surface area contributed by atoms with Crippen LogP contribution in [0.4, 0.5) is 0 Å². The lowest BCUT2D eigenvalue weighted by Crippen LogP contribution is -2.49. The van der Waals surface area contributed by atoms with Crippen LogP contribution in [0.1, 0.15) is 51.6 Å². The molecule has 1 aliphatic heterocycles. The van der Waals surface area contributed by atoms with Crippen LogP contribution in [-0.2, 0) is 11.3 Å². The maximum atomic E-state index is 13.3. The van der Waals surface area contributed by atoms with Crippen LogP contribution in [0.25, 0.3) is 0 Å². The maximum absolute atomic E-state index is 13.3. The third-order valence-electron chi connectivity index (χ3n) is 5.60. The first kappa shape index (κ1) is 19.2. The van der Waals surface area contributed by atoms with Crippen LogP contribution in [0.5, 0.6) is 5.75 Å². The zero-order chi connectivity index (χ0) is 20.7. The summed E-state index contributed by atoms with van der Waals surface area (Å²) in [6.07, 6.45) is 1.88. The van der Waals surface area contributed by atoms with E-state index >= 15 is 0 Å². The summed E-state index contributed by atoms with van der Waals surface area (Å²) in [5.41, 5.74) is 2.64. The first-order valence-corrected chi connectivity index (χ1v) is 9.82. The van der Waals surface area contributed by atoms with Crippen LogP contribution < -0.4 is 4.74 Å². The van der Waals surface area contributed by atoms with Crippen molar-refractivity contribution in [1.82, 2.24) is 9.80 Å². The van der Waals surface area contributed by atoms with E-state index in [2.05, 4.69) is 0 Å². The van der Waals surface area contributed by atoms with E-state index in [1.54, 1.807) is 37.1 Å². The van der Waals surface area contributed by atoms with Crippen LogP contribution in [-0.4, -0.2) is 46.7 Å². The van der Waals surface area contributed by atoms with Gasteiger partial charge in [-0.2, -0.15) is 0 Å². The Kier molecular flexibility index (Phi) is 4.86. The Hall–Kier alpha value is -3.15. The number of hydrogen-bond acceptors (Lipinski definition) is 4. The van der Waals surface area contributed by atoms with Crippen molar-refractivity contribution in [3.63, 3.8) is 0 Å². The summed E-state index contributed by atoms with van der Waals surface area (Å²) in [5.74, 6) is -0.233. The summed E-state index contributed by atoms with van der Waals surface area (Å²) in [6, 6.07) is 12.1. The van der Waals surface area contributed by atoms with Gasteiger partial charge in [0.05, 0.1) is 18.2 Å². The normalized spacial score (nSPS) is 16.6. The summed E-state index contributed by atoms with van der Waals surface area (Å²) in [5, 5.41) is 0. The Bertz CT molecular complexity index is 979. The van der Waals surface area contributed by atoms with Crippen molar-refractivity contribution in [1.29, 1.82) is 0 Å². The van der Waals surface area contributed by atoms with Crippen molar-refractivity contribution >= 4 is 17.7 Å². The van der Waals surface area contributed by atoms with Crippen LogP contribution in [0.2, 0.25) is 0 Å². The topological polar surface area (TPSA) is 66.9 Å². The summed E-state index contributed by atoms with van der Waals surface area (Å²) in [6.45, 7) is 3.96. The molecule has 1 atom stereocenters. The van der Waals surface area contributed by atoms with Gasteiger partial charge in [0.25, 0.3) is 11.8 Å². The first-order chi connectivity index (χ1) is 13.9. The number of methoxy groups -OCH3 is 1. The predicted molar refractivity (Wildman–Crippen MR) is 108 cm³/mol. The summed E-state index contributed by atoms with van der Waals surface area (Å²) >= 11 is 0. The van der Waals surface area contributed by atoms with Crippen molar-refractivity contribution in [3.05, 3.63) is 64.7 Å². The van der Waals surface area contributed by atoms with Gasteiger partial charge in [0.1, 0.15) is 11.8 Å². The minimum absolute atomic E-state index is 0.157. The molecule has 150 valence electrons. The molecule has 6 nitrogen and oxygen atoms in total. The van der Waals surface area contributed by atoms with Gasteiger partial charge in [-0.1, -0.05) is 23.8 Å². The number of ether oxygens (including phenoxy) is 1. The number of amides is 3. The smallest absolute Gasteiger partial charge is 0.262 e. The molecule has 0 saturated heterocycles. The molecule has 0 spiro atoms. The van der Waals surface area contributed by atoms with Gasteiger partial charge in [-0.05, 0) is 56.5 Å². The molecular weight excluding hydrogens is 368 g/mol. The molecule has 0 unspecified atom stereocenters. The molecule has 1 aliphatic carbocycles. The van der Waals surface area contributed by atoms with Gasteiger partial charge in [0.2, 0.25) is 5.91 Å². The van der Waals surface area contributed by atoms with Gasteiger partial charge in [0.15, 0.2) is 0 Å². The fraction of sp³-hybridized carbons (Fsp3) is 0.348. The average Bonchev–Trinajstić information content (AvgIpc) is 3.53. The molecule has 2 aromatic rings. The Labute approximate surface area is 170 Å². The van der Waals surface area contributed by atoms with E-state index in [4.69, 9.17) is 4.74 Å². The number of hydrogen-bond donors (Lipinski definition) is 0. The average molecular weight is 392 g/mol. The SMILES string of the molecule is COc1ccc(CN(C(=O)[C@H](C)N2C(=O)c3ccc(C)cc3C2=O)C2CC2)cc1. The Balaban J connectivity index is 1.55. The summed E-state index contributed by atoms with van der Waals surface area (Å²) in [7, 11) is 1.61. The minimum atomic E-state index is -0.846. The van der Waals surface area contributed by atoms with Gasteiger partial charge >= 0.3 is 0 Å². The highest BCUT2D eigenvalue weighted by Gasteiger charge is 2.44. The standard InChI is InChI=1S/C23H24N2O4/c1-14-4-11-19-20(12-14)23(28)25(22(19)27)15(2)21(26)24(17-7-8-17)13-16-5-9-18(29-3)10-6-16/h4-6,9-12,15,17H,7-8,13H2,1-3H3/t15-/m0/s1. The fourth-order valence-electron chi connectivity index (χ4n) is 3.78. The third-order valence-corrected chi connectivity index (χ3v) is 5.60. The molecule has 4 rings (SSSR count). The third kappa shape index (κ3) is 3.50. The monoisotopic (exact) mass is 392 g/mol. The Morgan fingerprint density at radius 1 is 1.10 bits per heavy atom. The van der Waals surface area contributed by atoms with E-state index in [0.29, 0.717) is 17.7 Å². The summed E-state index contributed by atoms with van der Waals surface area (Å²) < 4.78 is 5.19. The highest BCUT2D eigenvalue weighted by Crippen LogP contribution is 2.32. The number of fused-ring (bicyclic) bond motifs is 1. The zero-order valence-electron chi connectivity index (χ0n) is 16.8. The number of carbonyl (C=O) groups is 3. The molecule has 3 amide bonds. The lowest BCUT2D eigenvalue weighted by atomic mass is 10.1. The molecule has 2 aromatic carbocycles. The van der Waals surface area contributed by atoms with Gasteiger partial charge in [-0.25, -0.2) is 0 Å². The summed E-state index contributed by atoms with van der Waals surface area (Å²) in [4.78, 5) is 41.9. The molecule has 0 aromatic heterocycles. The van der Waals surface area contributed by atoms with Gasteiger partial charge in [-0.3, -0.25) is 19.3 Å². The second-order valence-electron chi connectivity index (χ2n) is 7.75. The zero-order valence-corrected chi connectivity index (χ0v) is 16.8. The molecule has 1 heterocycles. The number of aryl methyl sites for hydroxylation is 1. The molecular formula is C23H24N2O4. The van der Waals surface area contributed by atoms with Crippen molar-refractivity contribution in [3.8, 4) is 5.75 Å². The first-order valence-electron chi connectivity index (χ1n) is 9.82. The van der Waals surface area contributed by atoms with E-state index in [1.807, 2.05) is 31.2 Å². The van der Waals surface area contributed by atoms with Gasteiger partial charge < -0.3 is 9.64 Å². The second kappa shape index (κ2) is 7.35. The quantitative estimate of drug-likeness (QED) is 0.708. The van der Waals surface area contributed by atoms with Crippen LogP contribution in [0, 0.1) is 6.92 Å². The van der Waals surface area contributed by atoms with E-state index in [-0.39, 0.29) is 11.9 Å². The van der Waals surface area contributed by atoms with E-state index in [1.165, 1.54) is 0 Å². The predicted octanol–water partition coefficient (Wildman–Crippen LogP) is 3.18. The number of nitrogens with zero attached hydrogens (tertiary/aromatic N) is 2. The molecule has 0 N–H and O–H groups in total. The van der Waals surface area contributed by atoms with E-state index in [0.717, 1.165) is 34.6 Å². The van der Waals surface area contributed by atoms with Crippen LogP contribution in [0.3, 0.4) is 0 Å². The van der Waals surface area contributed by atoms with Crippen LogP contribution >= 0.6 is 0 Å². The molecule has 29 heavy (non-hydrogen) atoms. The highest BCUT2D eigenvalue weighted by molar-refractivity contribution is 6.22. The van der Waals surface area contributed by atoms with Crippen molar-refractivity contribution in [2.45, 2.75) is 45.3 Å². The van der Waals surface area contributed by atoms with Crippen molar-refractivity contribution in [2.24, 2.45) is 0 Å². The molecule has 1 saturated carbocycles. The molecule has 6 heteroatoms. The molecule has 0 radical (unpaired) electrons. The van der Waals surface area contributed by atoms with Crippen molar-refractivity contribution < 1.29 is 19.1 Å². The lowest BCUT2D eigenvalue weighted by molar-refractivity contribution is -0.136. The Morgan fingerprint density at radius 2 is 1.76 bits per heavy atom. The van der Waals surface area contributed by atoms with Crippen molar-refractivity contribution in [2.75, 3.05) is 7.11 Å². The number of benzene rings is 2. The second-order valence-corrected chi connectivity index (χ2v) is 7.75. The van der Waals surface area contributed by atoms with E-state index < -0.39 is 17.9 Å². The van der Waals surface area contributed by atoms with E-state index in [9.17, 15) is 14.4 Å². The maximum Gasteiger partial charge on any atom is 0.262 e. The number of rotatable bonds is 6. The van der Waals surface area contributed by atoms with Gasteiger partial charge in [0, 0.05) is 12.6 Å². The molecule has 2 aliphatic rings. The number of carbonyl (C=O) groups excluding carboxylic acids is 3. The highest BCUT2D eigenvalue weighted by atomic mass is 16.5. The van der Waals surface area contributed by atoms with Crippen LogP contribution in [0.15, 0.2) is 42.5 Å². The largest absolute Gasteiger partial charge is 0.497 e. The minimum Gasteiger partial charge on any atom is -0.497 e.